The summed E-state index contributed by atoms with van der Waals surface area (Å²) in [4.78, 5) is 0. The first-order valence-electron chi connectivity index (χ1n) is 4.73. The summed E-state index contributed by atoms with van der Waals surface area (Å²) in [5, 5.41) is 12.6. The Balaban J connectivity index is 0.000000921. The molecule has 1 rings (SSSR count). The van der Waals surface area contributed by atoms with Crippen LogP contribution in [-0.4, -0.2) is 5.11 Å². The largest absolute Gasteiger partial charge is 0.506 e. The van der Waals surface area contributed by atoms with Crippen LogP contribution in [0.2, 0.25) is 0 Å². The van der Waals surface area contributed by atoms with Gasteiger partial charge in [-0.15, -0.1) is 0 Å². The van der Waals surface area contributed by atoms with Crippen molar-refractivity contribution in [1.29, 1.82) is 5.53 Å². The van der Waals surface area contributed by atoms with Gasteiger partial charge in [0.15, 0.2) is 0 Å². The van der Waals surface area contributed by atoms with Gasteiger partial charge in [0.2, 0.25) is 0 Å². The number of phenols is 1. The fourth-order valence-corrected chi connectivity index (χ4v) is 1.12. The van der Waals surface area contributed by atoms with Crippen molar-refractivity contribution in [2.75, 3.05) is 0 Å². The van der Waals surface area contributed by atoms with Crippen LogP contribution in [0.5, 0.6) is 5.75 Å². The van der Waals surface area contributed by atoms with E-state index in [1.807, 2.05) is 13.8 Å². The highest BCUT2D eigenvalue weighted by atomic mass is 16.3. The molecule has 0 aliphatic heterocycles. The van der Waals surface area contributed by atoms with Crippen molar-refractivity contribution in [3.05, 3.63) is 36.4 Å². The molecule has 0 saturated heterocycles. The van der Waals surface area contributed by atoms with Crippen LogP contribution in [-0.2, 0) is 0 Å². The lowest BCUT2D eigenvalue weighted by Crippen LogP contribution is -1.81. The minimum Gasteiger partial charge on any atom is -0.506 e. The van der Waals surface area contributed by atoms with Crippen molar-refractivity contribution in [3.8, 4) is 5.75 Å². The van der Waals surface area contributed by atoms with E-state index >= 15 is 0 Å². The van der Waals surface area contributed by atoms with Crippen LogP contribution in [0.3, 0.4) is 0 Å². The number of nitrogens with zero attached hydrogens (tertiary/aromatic N) is 1. The van der Waals surface area contributed by atoms with E-state index in [0.717, 1.165) is 5.56 Å². The highest BCUT2D eigenvalue weighted by Gasteiger charge is 2.07. The number of phenolic OH excluding ortho intramolecular Hbond substituents is 1. The summed E-state index contributed by atoms with van der Waals surface area (Å²) in [5.41, 5.74) is 8.55. The van der Waals surface area contributed by atoms with Gasteiger partial charge < -0.3 is 5.11 Å². The van der Waals surface area contributed by atoms with Crippen LogP contribution in [0.25, 0.3) is 12.2 Å². The zero-order valence-corrected chi connectivity index (χ0v) is 9.12. The first-order valence-corrected chi connectivity index (χ1v) is 4.73. The third kappa shape index (κ3) is 2.77. The average molecular weight is 204 g/mol. The second kappa shape index (κ2) is 6.54. The molecule has 1 aromatic rings. The Bertz CT molecular complexity index is 370. The zero-order valence-electron chi connectivity index (χ0n) is 9.12. The minimum absolute atomic E-state index is 0.0181. The lowest BCUT2D eigenvalue weighted by molar-refractivity contribution is 0.476. The SMILES string of the molecule is C=Cc1ccc(O)c(N=N)c1C=C.CC. The number of hydrogen-bond acceptors (Lipinski definition) is 3. The Kier molecular flexibility index (Phi) is 5.71. The lowest BCUT2D eigenvalue weighted by Gasteiger charge is -2.05. The Morgan fingerprint density at radius 2 is 1.87 bits per heavy atom. The highest BCUT2D eigenvalue weighted by molar-refractivity contribution is 5.76. The second-order valence-corrected chi connectivity index (χ2v) is 2.46. The van der Waals surface area contributed by atoms with E-state index < -0.39 is 0 Å². The lowest BCUT2D eigenvalue weighted by atomic mass is 10.0. The molecule has 0 unspecified atom stereocenters. The summed E-state index contributed by atoms with van der Waals surface area (Å²) >= 11 is 0. The summed E-state index contributed by atoms with van der Waals surface area (Å²) in [6.07, 6.45) is 3.18. The number of aromatic hydroxyl groups is 1. The standard InChI is InChI=1S/C10H10N2O.C2H6/c1-3-7-5-6-9(13)10(12-11)8(7)4-2;1-2/h3-6,11,13H,1-2H2;1-2H3. The molecule has 80 valence electrons. The molecular formula is C12H16N2O. The maximum absolute atomic E-state index is 9.35. The van der Waals surface area contributed by atoms with E-state index in [1.54, 1.807) is 18.2 Å². The van der Waals surface area contributed by atoms with Crippen molar-refractivity contribution in [1.82, 2.24) is 0 Å². The van der Waals surface area contributed by atoms with Crippen LogP contribution in [0, 0.1) is 5.53 Å². The van der Waals surface area contributed by atoms with E-state index in [2.05, 4.69) is 18.3 Å². The molecule has 0 bridgehead atoms. The van der Waals surface area contributed by atoms with Gasteiger partial charge in [-0.1, -0.05) is 45.2 Å². The van der Waals surface area contributed by atoms with Gasteiger partial charge >= 0.3 is 0 Å². The van der Waals surface area contributed by atoms with E-state index in [4.69, 9.17) is 5.53 Å². The summed E-state index contributed by atoms with van der Waals surface area (Å²) in [6.45, 7) is 11.2. The second-order valence-electron chi connectivity index (χ2n) is 2.46. The molecule has 0 amide bonds. The normalized spacial score (nSPS) is 8.40. The van der Waals surface area contributed by atoms with E-state index in [0.29, 0.717) is 5.56 Å². The fraction of sp³-hybridized carbons (Fsp3) is 0.167. The Labute approximate surface area is 90.3 Å². The van der Waals surface area contributed by atoms with Crippen molar-refractivity contribution in [3.63, 3.8) is 0 Å². The topological polar surface area (TPSA) is 56.4 Å². The monoisotopic (exact) mass is 204 g/mol. The molecule has 0 radical (unpaired) electrons. The molecule has 15 heavy (non-hydrogen) atoms. The molecule has 3 heteroatoms. The maximum atomic E-state index is 9.35. The van der Waals surface area contributed by atoms with Gasteiger partial charge in [0.1, 0.15) is 11.4 Å². The fourth-order valence-electron chi connectivity index (χ4n) is 1.12. The molecule has 0 heterocycles. The van der Waals surface area contributed by atoms with Crippen molar-refractivity contribution in [2.45, 2.75) is 13.8 Å². The molecule has 3 nitrogen and oxygen atoms in total. The van der Waals surface area contributed by atoms with Crippen LogP contribution >= 0.6 is 0 Å². The first-order chi connectivity index (χ1) is 7.24. The van der Waals surface area contributed by atoms with Gasteiger partial charge in [-0.25, -0.2) is 5.53 Å². The smallest absolute Gasteiger partial charge is 0.143 e. The highest BCUT2D eigenvalue weighted by Crippen LogP contribution is 2.33. The zero-order chi connectivity index (χ0) is 11.8. The Morgan fingerprint density at radius 1 is 1.27 bits per heavy atom. The average Bonchev–Trinajstić information content (AvgIpc) is 2.31. The number of hydrogen-bond donors (Lipinski definition) is 2. The van der Waals surface area contributed by atoms with Gasteiger partial charge in [0.25, 0.3) is 0 Å². The van der Waals surface area contributed by atoms with E-state index in [1.165, 1.54) is 6.07 Å². The summed E-state index contributed by atoms with van der Waals surface area (Å²) in [6, 6.07) is 3.19. The first kappa shape index (κ1) is 13.1. The van der Waals surface area contributed by atoms with Crippen molar-refractivity contribution >= 4 is 17.8 Å². The van der Waals surface area contributed by atoms with E-state index in [9.17, 15) is 5.11 Å². The van der Waals surface area contributed by atoms with Crippen molar-refractivity contribution in [2.24, 2.45) is 5.11 Å². The number of nitrogens with one attached hydrogen (secondary N) is 1. The van der Waals surface area contributed by atoms with Gasteiger partial charge in [-0.3, -0.25) is 0 Å². The third-order valence-corrected chi connectivity index (χ3v) is 1.77. The molecule has 0 fully saturated rings. The van der Waals surface area contributed by atoms with Crippen LogP contribution < -0.4 is 0 Å². The quantitative estimate of drug-likeness (QED) is 0.706. The molecule has 2 N–H and O–H groups in total. The predicted molar refractivity (Wildman–Crippen MR) is 64.4 cm³/mol. The summed E-state index contributed by atoms with van der Waals surface area (Å²) in [5.74, 6) is -0.0181. The molecule has 0 spiro atoms. The number of rotatable bonds is 3. The molecule has 0 aromatic heterocycles. The third-order valence-electron chi connectivity index (χ3n) is 1.77. The van der Waals surface area contributed by atoms with Crippen LogP contribution in [0.15, 0.2) is 30.4 Å². The van der Waals surface area contributed by atoms with Crippen molar-refractivity contribution < 1.29 is 5.11 Å². The van der Waals surface area contributed by atoms with E-state index in [-0.39, 0.29) is 11.4 Å². The Morgan fingerprint density at radius 3 is 2.27 bits per heavy atom. The van der Waals surface area contributed by atoms with Gasteiger partial charge in [0.05, 0.1) is 0 Å². The van der Waals surface area contributed by atoms with Crippen LogP contribution in [0.1, 0.15) is 25.0 Å². The summed E-state index contributed by atoms with van der Waals surface area (Å²) < 4.78 is 0. The predicted octanol–water partition coefficient (Wildman–Crippen LogP) is 4.37. The Hall–Kier alpha value is -1.90. The molecule has 0 aliphatic carbocycles. The summed E-state index contributed by atoms with van der Waals surface area (Å²) in [7, 11) is 0. The minimum atomic E-state index is -0.0181. The maximum Gasteiger partial charge on any atom is 0.143 e. The molecule has 0 aliphatic rings. The molecule has 0 saturated carbocycles. The van der Waals surface area contributed by atoms with Gasteiger partial charge in [0, 0.05) is 5.56 Å². The molecule has 1 aromatic carbocycles. The van der Waals surface area contributed by atoms with Gasteiger partial charge in [-0.2, -0.15) is 5.11 Å². The number of benzene rings is 1. The molecular weight excluding hydrogens is 188 g/mol. The van der Waals surface area contributed by atoms with Gasteiger partial charge in [-0.05, 0) is 11.6 Å². The van der Waals surface area contributed by atoms with Crippen LogP contribution in [0.4, 0.5) is 5.69 Å². The molecule has 0 atom stereocenters.